The average Bonchev–Trinajstić information content (AvgIpc) is 3.17. The van der Waals surface area contributed by atoms with Gasteiger partial charge < -0.3 is 9.73 Å². The number of hydrogen-bond donors (Lipinski definition) is 2. The van der Waals surface area contributed by atoms with Gasteiger partial charge in [-0.05, 0) is 19.1 Å². The Morgan fingerprint density at radius 2 is 2.24 bits per heavy atom. The van der Waals surface area contributed by atoms with Crippen molar-refractivity contribution in [1.82, 2.24) is 14.8 Å². The van der Waals surface area contributed by atoms with Gasteiger partial charge in [-0.25, -0.2) is 0 Å². The van der Waals surface area contributed by atoms with Crippen LogP contribution in [0, 0.1) is 18.3 Å². The van der Waals surface area contributed by atoms with Crippen molar-refractivity contribution in [2.75, 3.05) is 5.32 Å². The Morgan fingerprint density at radius 3 is 2.86 bits per heavy atom. The summed E-state index contributed by atoms with van der Waals surface area (Å²) in [6, 6.07) is 5.65. The first-order chi connectivity index (χ1) is 10.2. The molecule has 1 amide bonds. The maximum Gasteiger partial charge on any atom is 0.260 e. The van der Waals surface area contributed by atoms with E-state index in [9.17, 15) is 10.1 Å². The van der Waals surface area contributed by atoms with E-state index < -0.39 is 5.91 Å². The number of rotatable bonds is 3. The molecule has 0 aliphatic heterocycles. The molecule has 3 aromatic heterocycles. The molecule has 0 unspecified atom stereocenters. The van der Waals surface area contributed by atoms with Gasteiger partial charge in [0.05, 0.1) is 11.9 Å². The minimum atomic E-state index is -0.410. The van der Waals surface area contributed by atoms with E-state index in [2.05, 4.69) is 15.5 Å². The lowest BCUT2D eigenvalue weighted by atomic mass is 10.1. The third kappa shape index (κ3) is 2.19. The summed E-state index contributed by atoms with van der Waals surface area (Å²) in [5.74, 6) is 0.307. The van der Waals surface area contributed by atoms with Crippen LogP contribution in [0.25, 0.3) is 5.88 Å². The van der Waals surface area contributed by atoms with Crippen molar-refractivity contribution in [2.24, 2.45) is 0 Å². The number of nitrogens with zero attached hydrogens (tertiary/aromatic N) is 3. The molecule has 21 heavy (non-hydrogen) atoms. The highest BCUT2D eigenvalue weighted by molar-refractivity contribution is 6.07. The zero-order valence-electron chi connectivity index (χ0n) is 11.1. The number of aryl methyl sites for hydroxylation is 1. The Labute approximate surface area is 119 Å². The van der Waals surface area contributed by atoms with E-state index in [4.69, 9.17) is 4.42 Å². The number of hydrogen-bond acceptors (Lipinski definition) is 4. The largest absolute Gasteiger partial charge is 0.443 e. The molecule has 0 bridgehead atoms. The van der Waals surface area contributed by atoms with Gasteiger partial charge in [0.1, 0.15) is 23.0 Å². The molecule has 0 radical (unpaired) electrons. The van der Waals surface area contributed by atoms with Gasteiger partial charge >= 0.3 is 0 Å². The standard InChI is InChI=1S/C14H11N5O2/c1-9-12(13(20)18-10-7-16-17-8-10)11(6-15)14(21-9)19-4-2-3-5-19/h2-5,7-8H,1H3,(H,16,17)(H,18,20). The Balaban J connectivity index is 2.03. The minimum Gasteiger partial charge on any atom is -0.443 e. The molecule has 0 aromatic carbocycles. The van der Waals surface area contributed by atoms with Gasteiger partial charge in [0.2, 0.25) is 5.88 Å². The van der Waals surface area contributed by atoms with E-state index in [0.717, 1.165) is 0 Å². The molecular formula is C14H11N5O2. The molecule has 0 aliphatic rings. The number of amides is 1. The second-order valence-electron chi connectivity index (χ2n) is 4.36. The third-order valence-corrected chi connectivity index (χ3v) is 3.00. The zero-order valence-corrected chi connectivity index (χ0v) is 11.1. The van der Waals surface area contributed by atoms with Gasteiger partial charge in [0.25, 0.3) is 5.91 Å². The summed E-state index contributed by atoms with van der Waals surface area (Å²) in [7, 11) is 0. The summed E-state index contributed by atoms with van der Waals surface area (Å²) < 4.78 is 7.23. The van der Waals surface area contributed by atoms with Crippen molar-refractivity contribution < 1.29 is 9.21 Å². The van der Waals surface area contributed by atoms with Crippen molar-refractivity contribution >= 4 is 11.6 Å². The Kier molecular flexibility index (Phi) is 3.04. The van der Waals surface area contributed by atoms with Crippen LogP contribution in [-0.2, 0) is 0 Å². The van der Waals surface area contributed by atoms with E-state index in [1.54, 1.807) is 30.1 Å². The Morgan fingerprint density at radius 1 is 1.48 bits per heavy atom. The van der Waals surface area contributed by atoms with Crippen LogP contribution in [0.3, 0.4) is 0 Å². The molecule has 0 atom stereocenters. The van der Waals surface area contributed by atoms with Crippen molar-refractivity contribution in [3.63, 3.8) is 0 Å². The fraction of sp³-hybridized carbons (Fsp3) is 0.0714. The molecule has 2 N–H and O–H groups in total. The van der Waals surface area contributed by atoms with Crippen LogP contribution in [0.2, 0.25) is 0 Å². The highest BCUT2D eigenvalue weighted by atomic mass is 16.4. The molecule has 7 heteroatoms. The van der Waals surface area contributed by atoms with Crippen LogP contribution in [0.15, 0.2) is 41.3 Å². The topological polar surface area (TPSA) is 99.6 Å². The van der Waals surface area contributed by atoms with Crippen LogP contribution in [0.5, 0.6) is 0 Å². The van der Waals surface area contributed by atoms with E-state index in [1.807, 2.05) is 18.2 Å². The minimum absolute atomic E-state index is 0.199. The molecule has 3 rings (SSSR count). The molecule has 3 heterocycles. The van der Waals surface area contributed by atoms with Gasteiger partial charge in [-0.15, -0.1) is 0 Å². The van der Waals surface area contributed by atoms with E-state index in [1.165, 1.54) is 6.20 Å². The van der Waals surface area contributed by atoms with E-state index in [-0.39, 0.29) is 11.1 Å². The van der Waals surface area contributed by atoms with Gasteiger partial charge in [0, 0.05) is 18.6 Å². The molecule has 3 aromatic rings. The van der Waals surface area contributed by atoms with Gasteiger partial charge in [-0.1, -0.05) is 0 Å². The van der Waals surface area contributed by atoms with Gasteiger partial charge in [0.15, 0.2) is 0 Å². The lowest BCUT2D eigenvalue weighted by Crippen LogP contribution is -2.13. The summed E-state index contributed by atoms with van der Waals surface area (Å²) in [6.45, 7) is 1.65. The number of carbonyl (C=O) groups is 1. The molecule has 7 nitrogen and oxygen atoms in total. The SMILES string of the molecule is Cc1oc(-n2cccc2)c(C#N)c1C(=O)Nc1cn[nH]c1. The zero-order chi connectivity index (χ0) is 14.8. The number of aromatic amines is 1. The number of aromatic nitrogens is 3. The molecule has 0 aliphatic carbocycles. The predicted molar refractivity (Wildman–Crippen MR) is 74.0 cm³/mol. The molecule has 0 fully saturated rings. The summed E-state index contributed by atoms with van der Waals surface area (Å²) in [6.07, 6.45) is 6.52. The Bertz CT molecular complexity index is 807. The highest BCUT2D eigenvalue weighted by Crippen LogP contribution is 2.26. The first-order valence-electron chi connectivity index (χ1n) is 6.17. The van der Waals surface area contributed by atoms with Gasteiger partial charge in [-0.2, -0.15) is 10.4 Å². The quantitative estimate of drug-likeness (QED) is 0.768. The van der Waals surface area contributed by atoms with Crippen LogP contribution in [-0.4, -0.2) is 20.7 Å². The second kappa shape index (κ2) is 5.02. The number of nitrogens with one attached hydrogen (secondary N) is 2. The van der Waals surface area contributed by atoms with Crippen molar-refractivity contribution in [1.29, 1.82) is 5.26 Å². The lowest BCUT2D eigenvalue weighted by molar-refractivity contribution is 0.102. The lowest BCUT2D eigenvalue weighted by Gasteiger charge is -2.01. The summed E-state index contributed by atoms with van der Waals surface area (Å²) in [4.78, 5) is 12.3. The smallest absolute Gasteiger partial charge is 0.260 e. The third-order valence-electron chi connectivity index (χ3n) is 3.00. The van der Waals surface area contributed by atoms with Crippen molar-refractivity contribution in [3.05, 3.63) is 53.8 Å². The number of furan rings is 1. The number of H-pyrrole nitrogens is 1. The molecular weight excluding hydrogens is 270 g/mol. The predicted octanol–water partition coefficient (Wildman–Crippen LogP) is 2.23. The van der Waals surface area contributed by atoms with E-state index >= 15 is 0 Å². The fourth-order valence-corrected chi connectivity index (χ4v) is 2.07. The van der Waals surface area contributed by atoms with Gasteiger partial charge in [-0.3, -0.25) is 14.5 Å². The molecule has 0 spiro atoms. The average molecular weight is 281 g/mol. The second-order valence-corrected chi connectivity index (χ2v) is 4.36. The number of anilines is 1. The van der Waals surface area contributed by atoms with Crippen LogP contribution in [0.4, 0.5) is 5.69 Å². The number of nitriles is 1. The first kappa shape index (κ1) is 12.7. The van der Waals surface area contributed by atoms with Crippen molar-refractivity contribution in [2.45, 2.75) is 6.92 Å². The number of carbonyl (C=O) groups excluding carboxylic acids is 1. The maximum atomic E-state index is 12.3. The first-order valence-corrected chi connectivity index (χ1v) is 6.17. The molecule has 104 valence electrons. The maximum absolute atomic E-state index is 12.3. The molecule has 0 saturated carbocycles. The van der Waals surface area contributed by atoms with Crippen LogP contribution >= 0.6 is 0 Å². The summed E-state index contributed by atoms with van der Waals surface area (Å²) in [5, 5.41) is 18.4. The van der Waals surface area contributed by atoms with Crippen LogP contribution in [0.1, 0.15) is 21.7 Å². The summed E-state index contributed by atoms with van der Waals surface area (Å²) in [5.41, 5.74) is 0.944. The molecule has 0 saturated heterocycles. The van der Waals surface area contributed by atoms with Crippen molar-refractivity contribution in [3.8, 4) is 12.0 Å². The fourth-order valence-electron chi connectivity index (χ4n) is 2.07. The normalized spacial score (nSPS) is 10.3. The highest BCUT2D eigenvalue weighted by Gasteiger charge is 2.24. The Hall–Kier alpha value is -3.27. The van der Waals surface area contributed by atoms with E-state index in [0.29, 0.717) is 17.3 Å². The van der Waals surface area contributed by atoms with Crippen LogP contribution < -0.4 is 5.32 Å². The monoisotopic (exact) mass is 281 g/mol. The summed E-state index contributed by atoms with van der Waals surface area (Å²) >= 11 is 0.